The van der Waals surface area contributed by atoms with Gasteiger partial charge in [-0.1, -0.05) is 11.8 Å². The van der Waals surface area contributed by atoms with Crippen LogP contribution >= 0.6 is 11.8 Å². The summed E-state index contributed by atoms with van der Waals surface area (Å²) in [7, 11) is 0. The number of hydrogen-bond donors (Lipinski definition) is 2. The van der Waals surface area contributed by atoms with E-state index in [0.29, 0.717) is 16.1 Å². The quantitative estimate of drug-likeness (QED) is 0.424. The van der Waals surface area contributed by atoms with Gasteiger partial charge in [-0.15, -0.1) is 0 Å². The second-order valence-corrected chi connectivity index (χ2v) is 4.18. The predicted octanol–water partition coefficient (Wildman–Crippen LogP) is 0.252. The first kappa shape index (κ1) is 9.42. The molecule has 1 aliphatic heterocycles. The summed E-state index contributed by atoms with van der Waals surface area (Å²) in [5.41, 5.74) is 5.79. The standard InChI is InChI=1S/C8H10N4OS/c9-7(10)6-1-2-11-8(12-6)14-5-3-13-4-5/h1-2,5H,3-4H2,(H3,9,10). The highest BCUT2D eigenvalue weighted by atomic mass is 32.2. The molecule has 1 saturated heterocycles. The molecule has 0 amide bonds. The van der Waals surface area contributed by atoms with E-state index < -0.39 is 0 Å². The minimum Gasteiger partial charge on any atom is -0.382 e. The number of thioether (sulfide) groups is 1. The highest BCUT2D eigenvalue weighted by Crippen LogP contribution is 2.24. The molecule has 5 nitrogen and oxygen atoms in total. The molecule has 0 spiro atoms. The molecule has 6 heteroatoms. The lowest BCUT2D eigenvalue weighted by Gasteiger charge is -2.24. The van der Waals surface area contributed by atoms with Gasteiger partial charge in [0.15, 0.2) is 5.16 Å². The molecule has 0 saturated carbocycles. The molecule has 1 fully saturated rings. The van der Waals surface area contributed by atoms with Gasteiger partial charge in [-0.2, -0.15) is 0 Å². The summed E-state index contributed by atoms with van der Waals surface area (Å²) in [6.45, 7) is 1.50. The minimum atomic E-state index is -0.0286. The zero-order valence-electron chi connectivity index (χ0n) is 7.43. The molecule has 14 heavy (non-hydrogen) atoms. The summed E-state index contributed by atoms with van der Waals surface area (Å²) >= 11 is 1.56. The number of hydrogen-bond acceptors (Lipinski definition) is 5. The van der Waals surface area contributed by atoms with Crippen LogP contribution in [0.15, 0.2) is 17.4 Å². The summed E-state index contributed by atoms with van der Waals surface area (Å²) in [4.78, 5) is 8.23. The molecule has 0 aliphatic carbocycles. The number of amidine groups is 1. The molecular weight excluding hydrogens is 200 g/mol. The minimum absolute atomic E-state index is 0.0286. The molecule has 2 rings (SSSR count). The molecule has 3 N–H and O–H groups in total. The van der Waals surface area contributed by atoms with Crippen molar-refractivity contribution in [2.24, 2.45) is 5.73 Å². The molecule has 1 aromatic rings. The van der Waals surface area contributed by atoms with Crippen LogP contribution in [-0.2, 0) is 4.74 Å². The van der Waals surface area contributed by atoms with Crippen molar-refractivity contribution >= 4 is 17.6 Å². The average Bonchev–Trinajstić information content (AvgIpc) is 2.12. The van der Waals surface area contributed by atoms with Gasteiger partial charge >= 0.3 is 0 Å². The van der Waals surface area contributed by atoms with Crippen molar-refractivity contribution in [2.45, 2.75) is 10.4 Å². The van der Waals surface area contributed by atoms with Crippen molar-refractivity contribution in [3.05, 3.63) is 18.0 Å². The summed E-state index contributed by atoms with van der Waals surface area (Å²) in [5.74, 6) is -0.0286. The third kappa shape index (κ3) is 2.02. The van der Waals surface area contributed by atoms with Gasteiger partial charge in [-0.05, 0) is 6.07 Å². The maximum atomic E-state index is 7.23. The van der Waals surface area contributed by atoms with Gasteiger partial charge in [0, 0.05) is 6.20 Å². The predicted molar refractivity (Wildman–Crippen MR) is 53.5 cm³/mol. The van der Waals surface area contributed by atoms with Crippen LogP contribution in [0.3, 0.4) is 0 Å². The number of nitrogens with one attached hydrogen (secondary N) is 1. The molecule has 2 heterocycles. The van der Waals surface area contributed by atoms with Gasteiger partial charge in [-0.25, -0.2) is 9.97 Å². The number of nitrogens with zero attached hydrogens (tertiary/aromatic N) is 2. The van der Waals surface area contributed by atoms with Gasteiger partial charge < -0.3 is 10.5 Å². The van der Waals surface area contributed by atoms with Gasteiger partial charge in [0.25, 0.3) is 0 Å². The maximum absolute atomic E-state index is 7.23. The molecule has 0 aromatic carbocycles. The molecular formula is C8H10N4OS. The van der Waals surface area contributed by atoms with Crippen LogP contribution in [-0.4, -0.2) is 34.3 Å². The zero-order valence-corrected chi connectivity index (χ0v) is 8.25. The molecule has 74 valence electrons. The van der Waals surface area contributed by atoms with E-state index in [2.05, 4.69) is 9.97 Å². The lowest BCUT2D eigenvalue weighted by Crippen LogP contribution is -2.30. The molecule has 1 aliphatic rings. The first-order valence-corrected chi connectivity index (χ1v) is 5.05. The van der Waals surface area contributed by atoms with E-state index in [1.165, 1.54) is 0 Å². The highest BCUT2D eigenvalue weighted by Gasteiger charge is 2.20. The molecule has 0 bridgehead atoms. The SMILES string of the molecule is N=C(N)c1ccnc(SC2COC2)n1. The Morgan fingerprint density at radius 1 is 1.64 bits per heavy atom. The van der Waals surface area contributed by atoms with Crippen molar-refractivity contribution in [2.75, 3.05) is 13.2 Å². The Morgan fingerprint density at radius 3 is 3.00 bits per heavy atom. The van der Waals surface area contributed by atoms with Crippen LogP contribution < -0.4 is 5.73 Å². The van der Waals surface area contributed by atoms with Crippen molar-refractivity contribution in [1.29, 1.82) is 5.41 Å². The van der Waals surface area contributed by atoms with Crippen molar-refractivity contribution in [1.82, 2.24) is 9.97 Å². The fraction of sp³-hybridized carbons (Fsp3) is 0.375. The average molecular weight is 210 g/mol. The van der Waals surface area contributed by atoms with Crippen molar-refractivity contribution < 1.29 is 4.74 Å². The monoisotopic (exact) mass is 210 g/mol. The van der Waals surface area contributed by atoms with Crippen LogP contribution in [0.4, 0.5) is 0 Å². The fourth-order valence-electron chi connectivity index (χ4n) is 0.979. The van der Waals surface area contributed by atoms with Crippen LogP contribution in [0.2, 0.25) is 0 Å². The smallest absolute Gasteiger partial charge is 0.188 e. The van der Waals surface area contributed by atoms with Crippen LogP contribution in [0.25, 0.3) is 0 Å². The van der Waals surface area contributed by atoms with E-state index in [1.54, 1.807) is 24.0 Å². The number of nitrogens with two attached hydrogens (primary N) is 1. The normalized spacial score (nSPS) is 16.3. The van der Waals surface area contributed by atoms with Crippen molar-refractivity contribution in [3.63, 3.8) is 0 Å². The van der Waals surface area contributed by atoms with E-state index in [1.807, 2.05) is 0 Å². The van der Waals surface area contributed by atoms with Crippen molar-refractivity contribution in [3.8, 4) is 0 Å². The van der Waals surface area contributed by atoms with Crippen LogP contribution in [0.5, 0.6) is 0 Å². The summed E-state index contributed by atoms with van der Waals surface area (Å²) in [6.07, 6.45) is 1.62. The molecule has 0 unspecified atom stereocenters. The largest absolute Gasteiger partial charge is 0.382 e. The third-order valence-electron chi connectivity index (χ3n) is 1.79. The molecule has 0 atom stereocenters. The van der Waals surface area contributed by atoms with Crippen LogP contribution in [0, 0.1) is 5.41 Å². The highest BCUT2D eigenvalue weighted by molar-refractivity contribution is 7.99. The van der Waals surface area contributed by atoms with E-state index in [9.17, 15) is 0 Å². The molecule has 1 aromatic heterocycles. The van der Waals surface area contributed by atoms with E-state index in [4.69, 9.17) is 15.9 Å². The Hall–Kier alpha value is -1.14. The second-order valence-electron chi connectivity index (χ2n) is 2.92. The maximum Gasteiger partial charge on any atom is 0.188 e. The van der Waals surface area contributed by atoms with Gasteiger partial charge in [0.1, 0.15) is 11.5 Å². The van der Waals surface area contributed by atoms with E-state index in [0.717, 1.165) is 13.2 Å². The van der Waals surface area contributed by atoms with E-state index in [-0.39, 0.29) is 5.84 Å². The van der Waals surface area contributed by atoms with Gasteiger partial charge in [0.2, 0.25) is 0 Å². The summed E-state index contributed by atoms with van der Waals surface area (Å²) < 4.78 is 5.04. The Morgan fingerprint density at radius 2 is 2.43 bits per heavy atom. The number of nitrogen functional groups attached to an aromatic ring is 1. The lowest BCUT2D eigenvalue weighted by molar-refractivity contribution is 0.0454. The number of aromatic nitrogens is 2. The first-order chi connectivity index (χ1) is 6.75. The first-order valence-electron chi connectivity index (χ1n) is 4.17. The number of ether oxygens (including phenoxy) is 1. The summed E-state index contributed by atoms with van der Waals surface area (Å²) in [6, 6.07) is 1.63. The summed E-state index contributed by atoms with van der Waals surface area (Å²) in [5, 5.41) is 8.33. The van der Waals surface area contributed by atoms with Gasteiger partial charge in [0.05, 0.1) is 18.5 Å². The Labute approximate surface area is 85.6 Å². The fourth-order valence-corrected chi connectivity index (χ4v) is 1.88. The molecule has 0 radical (unpaired) electrons. The zero-order chi connectivity index (χ0) is 9.97. The lowest BCUT2D eigenvalue weighted by atomic mass is 10.4. The Balaban J connectivity index is 2.09. The van der Waals surface area contributed by atoms with Crippen LogP contribution in [0.1, 0.15) is 5.69 Å². The van der Waals surface area contributed by atoms with E-state index >= 15 is 0 Å². The third-order valence-corrected chi connectivity index (χ3v) is 2.80. The van der Waals surface area contributed by atoms with Gasteiger partial charge in [-0.3, -0.25) is 5.41 Å². The number of rotatable bonds is 3. The second kappa shape index (κ2) is 3.93. The topological polar surface area (TPSA) is 84.9 Å². The Kier molecular flexibility index (Phi) is 2.64. The Bertz CT molecular complexity index is 353.